The van der Waals surface area contributed by atoms with Crippen LogP contribution in [0, 0.1) is 0 Å². The van der Waals surface area contributed by atoms with Gasteiger partial charge in [-0.25, -0.2) is 4.79 Å². The smallest absolute Gasteiger partial charge is 0.319 e. The molecule has 2 rings (SSSR count). The maximum Gasteiger partial charge on any atom is 0.319 e. The highest BCUT2D eigenvalue weighted by molar-refractivity contribution is 6.33. The van der Waals surface area contributed by atoms with Gasteiger partial charge in [-0.3, -0.25) is 0 Å². The molecule has 2 aromatic carbocycles. The van der Waals surface area contributed by atoms with E-state index in [0.29, 0.717) is 17.3 Å². The molecule has 0 heterocycles. The minimum Gasteiger partial charge on any atom is -0.497 e. The highest BCUT2D eigenvalue weighted by Crippen LogP contribution is 2.20. The van der Waals surface area contributed by atoms with Crippen LogP contribution in [0.5, 0.6) is 5.75 Å². The fourth-order valence-electron chi connectivity index (χ4n) is 1.69. The SMILES string of the molecule is COc1cccc(CNC(=O)Nc2ccccc2Cl)c1. The van der Waals surface area contributed by atoms with Gasteiger partial charge in [0, 0.05) is 6.54 Å². The van der Waals surface area contributed by atoms with Crippen LogP contribution in [-0.2, 0) is 6.54 Å². The largest absolute Gasteiger partial charge is 0.497 e. The van der Waals surface area contributed by atoms with E-state index in [4.69, 9.17) is 16.3 Å². The van der Waals surface area contributed by atoms with Crippen molar-refractivity contribution in [1.82, 2.24) is 5.32 Å². The molecule has 2 amide bonds. The number of methoxy groups -OCH3 is 1. The number of ether oxygens (including phenoxy) is 1. The van der Waals surface area contributed by atoms with Gasteiger partial charge in [-0.05, 0) is 29.8 Å². The van der Waals surface area contributed by atoms with Crippen molar-refractivity contribution in [3.05, 3.63) is 59.1 Å². The lowest BCUT2D eigenvalue weighted by Crippen LogP contribution is -2.28. The molecular formula is C15H15ClN2O2. The van der Waals surface area contributed by atoms with Crippen molar-refractivity contribution in [2.24, 2.45) is 0 Å². The van der Waals surface area contributed by atoms with Crippen LogP contribution in [0.3, 0.4) is 0 Å². The Hall–Kier alpha value is -2.20. The zero-order valence-corrected chi connectivity index (χ0v) is 11.8. The highest BCUT2D eigenvalue weighted by atomic mass is 35.5. The number of anilines is 1. The van der Waals surface area contributed by atoms with Crippen LogP contribution >= 0.6 is 11.6 Å². The third-order valence-corrected chi connectivity index (χ3v) is 3.04. The van der Waals surface area contributed by atoms with Crippen molar-refractivity contribution in [1.29, 1.82) is 0 Å². The van der Waals surface area contributed by atoms with Crippen LogP contribution in [0.15, 0.2) is 48.5 Å². The summed E-state index contributed by atoms with van der Waals surface area (Å²) < 4.78 is 5.13. The number of carbonyl (C=O) groups is 1. The van der Waals surface area contributed by atoms with Gasteiger partial charge in [0.25, 0.3) is 0 Å². The molecule has 0 aromatic heterocycles. The Bertz CT molecular complexity index is 602. The molecule has 4 nitrogen and oxygen atoms in total. The number of rotatable bonds is 4. The molecule has 5 heteroatoms. The normalized spacial score (nSPS) is 9.90. The third-order valence-electron chi connectivity index (χ3n) is 2.71. The van der Waals surface area contributed by atoms with Gasteiger partial charge in [-0.2, -0.15) is 0 Å². The van der Waals surface area contributed by atoms with Gasteiger partial charge in [-0.1, -0.05) is 35.9 Å². The van der Waals surface area contributed by atoms with Crippen molar-refractivity contribution < 1.29 is 9.53 Å². The van der Waals surface area contributed by atoms with Crippen molar-refractivity contribution >= 4 is 23.3 Å². The van der Waals surface area contributed by atoms with E-state index in [1.807, 2.05) is 36.4 Å². The molecule has 104 valence electrons. The fraction of sp³-hybridized carbons (Fsp3) is 0.133. The lowest BCUT2D eigenvalue weighted by Gasteiger charge is -2.09. The van der Waals surface area contributed by atoms with Crippen LogP contribution in [-0.4, -0.2) is 13.1 Å². The van der Waals surface area contributed by atoms with Gasteiger partial charge in [-0.15, -0.1) is 0 Å². The monoisotopic (exact) mass is 290 g/mol. The number of carbonyl (C=O) groups excluding carboxylic acids is 1. The van der Waals surface area contributed by atoms with Crippen molar-refractivity contribution in [3.8, 4) is 5.75 Å². The van der Waals surface area contributed by atoms with Crippen LogP contribution in [0.25, 0.3) is 0 Å². The summed E-state index contributed by atoms with van der Waals surface area (Å²) in [6.07, 6.45) is 0. The highest BCUT2D eigenvalue weighted by Gasteiger charge is 2.04. The lowest BCUT2D eigenvalue weighted by molar-refractivity contribution is 0.251. The van der Waals surface area contributed by atoms with E-state index in [1.165, 1.54) is 0 Å². The number of hydrogen-bond acceptors (Lipinski definition) is 2. The first-order chi connectivity index (χ1) is 9.69. The van der Waals surface area contributed by atoms with Crippen LogP contribution < -0.4 is 15.4 Å². The van der Waals surface area contributed by atoms with Crippen LogP contribution in [0.4, 0.5) is 10.5 Å². The minimum atomic E-state index is -0.305. The number of para-hydroxylation sites is 1. The topological polar surface area (TPSA) is 50.4 Å². The number of halogens is 1. The maximum absolute atomic E-state index is 11.8. The Balaban J connectivity index is 1.90. The standard InChI is InChI=1S/C15H15ClN2O2/c1-20-12-6-4-5-11(9-12)10-17-15(19)18-14-8-3-2-7-13(14)16/h2-9H,10H2,1H3,(H2,17,18,19). The third kappa shape index (κ3) is 3.90. The van der Waals surface area contributed by atoms with E-state index in [2.05, 4.69) is 10.6 Å². The predicted octanol–water partition coefficient (Wildman–Crippen LogP) is 3.67. The molecule has 0 aliphatic rings. The summed E-state index contributed by atoms with van der Waals surface area (Å²) >= 11 is 5.97. The van der Waals surface area contributed by atoms with E-state index >= 15 is 0 Å². The molecule has 0 saturated carbocycles. The van der Waals surface area contributed by atoms with Gasteiger partial charge in [0.05, 0.1) is 17.8 Å². The molecule has 0 spiro atoms. The molecule has 2 N–H and O–H groups in total. The molecule has 0 radical (unpaired) electrons. The second kappa shape index (κ2) is 6.82. The van der Waals surface area contributed by atoms with E-state index in [-0.39, 0.29) is 6.03 Å². The second-order valence-electron chi connectivity index (χ2n) is 4.14. The Morgan fingerprint density at radius 2 is 2.00 bits per heavy atom. The molecule has 0 aliphatic carbocycles. The van der Waals surface area contributed by atoms with E-state index in [9.17, 15) is 4.79 Å². The first kappa shape index (κ1) is 14.2. The average molecular weight is 291 g/mol. The summed E-state index contributed by atoms with van der Waals surface area (Å²) in [5.74, 6) is 0.760. The molecular weight excluding hydrogens is 276 g/mol. The summed E-state index contributed by atoms with van der Waals surface area (Å²) in [6.45, 7) is 0.410. The Labute approximate surface area is 122 Å². The van der Waals surface area contributed by atoms with Crippen LogP contribution in [0.1, 0.15) is 5.56 Å². The van der Waals surface area contributed by atoms with E-state index in [0.717, 1.165) is 11.3 Å². The van der Waals surface area contributed by atoms with Crippen LogP contribution in [0.2, 0.25) is 5.02 Å². The molecule has 0 unspecified atom stereocenters. The molecule has 0 atom stereocenters. The van der Waals surface area contributed by atoms with Gasteiger partial charge in [0.15, 0.2) is 0 Å². The van der Waals surface area contributed by atoms with Gasteiger partial charge < -0.3 is 15.4 Å². The molecule has 20 heavy (non-hydrogen) atoms. The molecule has 0 saturated heterocycles. The van der Waals surface area contributed by atoms with Gasteiger partial charge >= 0.3 is 6.03 Å². The number of amides is 2. The van der Waals surface area contributed by atoms with Gasteiger partial charge in [0.2, 0.25) is 0 Å². The van der Waals surface area contributed by atoms with Crippen molar-refractivity contribution in [3.63, 3.8) is 0 Å². The molecule has 0 fully saturated rings. The number of nitrogens with one attached hydrogen (secondary N) is 2. The predicted molar refractivity (Wildman–Crippen MR) is 80.3 cm³/mol. The van der Waals surface area contributed by atoms with Gasteiger partial charge in [0.1, 0.15) is 5.75 Å². The molecule has 0 bridgehead atoms. The Morgan fingerprint density at radius 3 is 2.75 bits per heavy atom. The number of benzene rings is 2. The lowest BCUT2D eigenvalue weighted by atomic mass is 10.2. The summed E-state index contributed by atoms with van der Waals surface area (Å²) in [6, 6.07) is 14.3. The first-order valence-corrected chi connectivity index (χ1v) is 6.49. The second-order valence-corrected chi connectivity index (χ2v) is 4.55. The zero-order chi connectivity index (χ0) is 14.4. The Morgan fingerprint density at radius 1 is 1.20 bits per heavy atom. The molecule has 0 aliphatic heterocycles. The Kier molecular flexibility index (Phi) is 4.85. The van der Waals surface area contributed by atoms with E-state index < -0.39 is 0 Å². The maximum atomic E-state index is 11.8. The summed E-state index contributed by atoms with van der Waals surface area (Å²) in [5, 5.41) is 5.96. The first-order valence-electron chi connectivity index (χ1n) is 6.11. The zero-order valence-electron chi connectivity index (χ0n) is 11.0. The summed E-state index contributed by atoms with van der Waals surface area (Å²) in [5.41, 5.74) is 1.54. The summed E-state index contributed by atoms with van der Waals surface area (Å²) in [4.78, 5) is 11.8. The minimum absolute atomic E-state index is 0.305. The van der Waals surface area contributed by atoms with Crippen molar-refractivity contribution in [2.75, 3.05) is 12.4 Å². The number of urea groups is 1. The quantitative estimate of drug-likeness (QED) is 0.902. The fourth-order valence-corrected chi connectivity index (χ4v) is 1.88. The summed E-state index contributed by atoms with van der Waals surface area (Å²) in [7, 11) is 1.61. The average Bonchev–Trinajstić information content (AvgIpc) is 2.48. The molecule has 2 aromatic rings. The van der Waals surface area contributed by atoms with E-state index in [1.54, 1.807) is 19.2 Å². The number of hydrogen-bond donors (Lipinski definition) is 2. The van der Waals surface area contributed by atoms with Crippen molar-refractivity contribution in [2.45, 2.75) is 6.54 Å².